The topological polar surface area (TPSA) is 17.1 Å². The number of hydrogen-bond donors (Lipinski definition) is 0. The van der Waals surface area contributed by atoms with Crippen molar-refractivity contribution in [3.63, 3.8) is 0 Å². The van der Waals surface area contributed by atoms with E-state index in [1.807, 2.05) is 0 Å². The molecule has 1 aliphatic rings. The number of Topliss-reactive ketones (excluding diaryl/α,β-unsaturated/α-hetero) is 1. The third-order valence-corrected chi connectivity index (χ3v) is 5.12. The lowest BCUT2D eigenvalue weighted by Crippen LogP contribution is -2.33. The summed E-state index contributed by atoms with van der Waals surface area (Å²) in [5.41, 5.74) is 1.42. The minimum absolute atomic E-state index is 0.358. The third kappa shape index (κ3) is 3.94. The highest BCUT2D eigenvalue weighted by atomic mass is 16.1. The number of benzene rings is 1. The van der Waals surface area contributed by atoms with Crippen LogP contribution in [-0.2, 0) is 11.2 Å². The maximum atomic E-state index is 11.6. The maximum Gasteiger partial charge on any atom is 0.130 e. The summed E-state index contributed by atoms with van der Waals surface area (Å²) in [5.74, 6) is 3.17. The van der Waals surface area contributed by atoms with Crippen LogP contribution in [0, 0.1) is 23.7 Å². The average molecular weight is 272 g/mol. The largest absolute Gasteiger partial charge is 0.300 e. The van der Waals surface area contributed by atoms with Gasteiger partial charge in [0.2, 0.25) is 0 Å². The van der Waals surface area contributed by atoms with Gasteiger partial charge in [-0.05, 0) is 55.4 Å². The van der Waals surface area contributed by atoms with Crippen LogP contribution in [0.15, 0.2) is 30.3 Å². The molecule has 1 aromatic carbocycles. The number of carbonyl (C=O) groups excluding carboxylic acids is 1. The van der Waals surface area contributed by atoms with Gasteiger partial charge in [0, 0.05) is 6.42 Å². The molecule has 2 rings (SSSR count). The Morgan fingerprint density at radius 2 is 1.90 bits per heavy atom. The lowest BCUT2D eigenvalue weighted by atomic mass is 9.64. The smallest absolute Gasteiger partial charge is 0.130 e. The molecule has 0 saturated heterocycles. The molecule has 20 heavy (non-hydrogen) atoms. The first kappa shape index (κ1) is 15.3. The van der Waals surface area contributed by atoms with Gasteiger partial charge in [-0.3, -0.25) is 0 Å². The van der Waals surface area contributed by atoms with Gasteiger partial charge in [-0.2, -0.15) is 0 Å². The van der Waals surface area contributed by atoms with Crippen molar-refractivity contribution in [1.82, 2.24) is 0 Å². The van der Waals surface area contributed by atoms with Crippen LogP contribution in [-0.4, -0.2) is 5.78 Å². The quantitative estimate of drug-likeness (QED) is 0.745. The zero-order valence-corrected chi connectivity index (χ0v) is 13.1. The highest BCUT2D eigenvalue weighted by Crippen LogP contribution is 2.42. The summed E-state index contributed by atoms with van der Waals surface area (Å²) in [4.78, 5) is 11.6. The second kappa shape index (κ2) is 7.06. The molecule has 1 nitrogen and oxygen atoms in total. The zero-order chi connectivity index (χ0) is 14.5. The Morgan fingerprint density at radius 3 is 2.50 bits per heavy atom. The summed E-state index contributed by atoms with van der Waals surface area (Å²) in [7, 11) is 0. The van der Waals surface area contributed by atoms with Crippen molar-refractivity contribution in [2.75, 3.05) is 0 Å². The Labute approximate surface area is 123 Å². The molecule has 1 aliphatic carbocycles. The molecular formula is C19H28O. The van der Waals surface area contributed by atoms with E-state index in [9.17, 15) is 4.79 Å². The van der Waals surface area contributed by atoms with E-state index in [0.29, 0.717) is 17.6 Å². The standard InChI is InChI=1S/C19H28O/c1-4-16-10-14(2)19(18(12-16)11-15(3)20)13-17-8-6-5-7-9-17/h5-9,14,16,18-19H,4,10-13H2,1-3H3. The molecule has 1 fully saturated rings. The lowest BCUT2D eigenvalue weighted by molar-refractivity contribution is -0.119. The zero-order valence-electron chi connectivity index (χ0n) is 13.1. The Bertz CT molecular complexity index is 423. The molecule has 1 heteroatoms. The van der Waals surface area contributed by atoms with Crippen LogP contribution in [0.3, 0.4) is 0 Å². The van der Waals surface area contributed by atoms with Crippen LogP contribution >= 0.6 is 0 Å². The summed E-state index contributed by atoms with van der Waals surface area (Å²) in [6.45, 7) is 6.43. The van der Waals surface area contributed by atoms with Crippen LogP contribution in [0.2, 0.25) is 0 Å². The fraction of sp³-hybridized carbons (Fsp3) is 0.632. The van der Waals surface area contributed by atoms with Crippen LogP contribution in [0.4, 0.5) is 0 Å². The maximum absolute atomic E-state index is 11.6. The molecule has 0 radical (unpaired) electrons. The van der Waals surface area contributed by atoms with Crippen molar-refractivity contribution in [3.05, 3.63) is 35.9 Å². The van der Waals surface area contributed by atoms with E-state index in [1.165, 1.54) is 24.8 Å². The van der Waals surface area contributed by atoms with Crippen molar-refractivity contribution in [2.24, 2.45) is 23.7 Å². The molecule has 4 atom stereocenters. The Morgan fingerprint density at radius 1 is 1.20 bits per heavy atom. The molecule has 0 heterocycles. The van der Waals surface area contributed by atoms with E-state index in [-0.39, 0.29) is 0 Å². The molecule has 1 saturated carbocycles. The molecule has 1 aromatic rings. The number of rotatable bonds is 5. The molecule has 0 aromatic heterocycles. The number of carbonyl (C=O) groups is 1. The molecule has 0 aliphatic heterocycles. The molecule has 0 spiro atoms. The van der Waals surface area contributed by atoms with Crippen molar-refractivity contribution in [2.45, 2.75) is 52.9 Å². The number of hydrogen-bond acceptors (Lipinski definition) is 1. The fourth-order valence-electron chi connectivity index (χ4n) is 4.06. The molecule has 0 bridgehead atoms. The van der Waals surface area contributed by atoms with E-state index in [4.69, 9.17) is 0 Å². The van der Waals surface area contributed by atoms with Crippen molar-refractivity contribution >= 4 is 5.78 Å². The van der Waals surface area contributed by atoms with Gasteiger partial charge < -0.3 is 4.79 Å². The minimum Gasteiger partial charge on any atom is -0.300 e. The van der Waals surface area contributed by atoms with Crippen LogP contribution < -0.4 is 0 Å². The van der Waals surface area contributed by atoms with Gasteiger partial charge in [0.25, 0.3) is 0 Å². The molecule has 0 amide bonds. The fourth-order valence-corrected chi connectivity index (χ4v) is 4.06. The summed E-state index contributed by atoms with van der Waals surface area (Å²) in [6.07, 6.45) is 5.76. The molecule has 4 unspecified atom stereocenters. The lowest BCUT2D eigenvalue weighted by Gasteiger charge is -2.40. The summed E-state index contributed by atoms with van der Waals surface area (Å²) >= 11 is 0. The van der Waals surface area contributed by atoms with Crippen LogP contribution in [0.1, 0.15) is 52.0 Å². The monoisotopic (exact) mass is 272 g/mol. The van der Waals surface area contributed by atoms with Gasteiger partial charge in [-0.1, -0.05) is 50.6 Å². The second-order valence-corrected chi connectivity index (χ2v) is 6.74. The van der Waals surface area contributed by atoms with Crippen LogP contribution in [0.5, 0.6) is 0 Å². The predicted octanol–water partition coefficient (Wildman–Crippen LogP) is 4.90. The third-order valence-electron chi connectivity index (χ3n) is 5.12. The van der Waals surface area contributed by atoms with Crippen molar-refractivity contribution < 1.29 is 4.79 Å². The average Bonchev–Trinajstić information content (AvgIpc) is 2.43. The van der Waals surface area contributed by atoms with Crippen LogP contribution in [0.25, 0.3) is 0 Å². The van der Waals surface area contributed by atoms with E-state index in [2.05, 4.69) is 44.2 Å². The highest BCUT2D eigenvalue weighted by Gasteiger charge is 2.35. The molecule has 110 valence electrons. The Balaban J connectivity index is 2.11. The minimum atomic E-state index is 0.358. The van der Waals surface area contributed by atoms with Gasteiger partial charge >= 0.3 is 0 Å². The van der Waals surface area contributed by atoms with E-state index in [0.717, 1.165) is 24.7 Å². The van der Waals surface area contributed by atoms with Gasteiger partial charge in [-0.15, -0.1) is 0 Å². The predicted molar refractivity (Wildman–Crippen MR) is 84.6 cm³/mol. The van der Waals surface area contributed by atoms with Gasteiger partial charge in [-0.25, -0.2) is 0 Å². The first-order valence-corrected chi connectivity index (χ1v) is 8.13. The summed E-state index contributed by atoms with van der Waals surface area (Å²) in [5, 5.41) is 0. The summed E-state index contributed by atoms with van der Waals surface area (Å²) in [6, 6.07) is 10.8. The van der Waals surface area contributed by atoms with E-state index < -0.39 is 0 Å². The molecule has 0 N–H and O–H groups in total. The highest BCUT2D eigenvalue weighted by molar-refractivity contribution is 5.75. The Kier molecular flexibility index (Phi) is 5.39. The SMILES string of the molecule is CCC1CC(C)C(Cc2ccccc2)C(CC(C)=O)C1. The van der Waals surface area contributed by atoms with Gasteiger partial charge in [0.05, 0.1) is 0 Å². The number of ketones is 1. The summed E-state index contributed by atoms with van der Waals surface area (Å²) < 4.78 is 0. The van der Waals surface area contributed by atoms with Crippen molar-refractivity contribution in [1.29, 1.82) is 0 Å². The molecular weight excluding hydrogens is 244 g/mol. The normalized spacial score (nSPS) is 30.1. The van der Waals surface area contributed by atoms with Gasteiger partial charge in [0.1, 0.15) is 5.78 Å². The van der Waals surface area contributed by atoms with Crippen molar-refractivity contribution in [3.8, 4) is 0 Å². The second-order valence-electron chi connectivity index (χ2n) is 6.74. The van der Waals surface area contributed by atoms with E-state index >= 15 is 0 Å². The first-order valence-electron chi connectivity index (χ1n) is 8.13. The first-order chi connectivity index (χ1) is 9.60. The Hall–Kier alpha value is -1.11. The van der Waals surface area contributed by atoms with Gasteiger partial charge in [0.15, 0.2) is 0 Å². The van der Waals surface area contributed by atoms with E-state index in [1.54, 1.807) is 6.92 Å².